The molecule has 0 unspecified atom stereocenters. The minimum absolute atomic E-state index is 0.0281. The van der Waals surface area contributed by atoms with Crippen molar-refractivity contribution in [1.29, 1.82) is 0 Å². The van der Waals surface area contributed by atoms with Gasteiger partial charge in [0, 0.05) is 12.3 Å². The minimum Gasteiger partial charge on any atom is -0.413 e. The van der Waals surface area contributed by atoms with Crippen LogP contribution >= 0.6 is 0 Å². The van der Waals surface area contributed by atoms with Crippen LogP contribution in [0.2, 0.25) is 36.3 Å². The smallest absolute Gasteiger partial charge is 0.330 e. The number of rotatable bonds is 7. The van der Waals surface area contributed by atoms with Crippen molar-refractivity contribution in [2.75, 3.05) is 6.61 Å². The van der Waals surface area contributed by atoms with Crippen molar-refractivity contribution in [3.05, 3.63) is 51.5 Å². The van der Waals surface area contributed by atoms with Crippen LogP contribution in [0.15, 0.2) is 40.2 Å². The molecule has 0 aliphatic carbocycles. The fraction of sp³-hybridized carbons (Fsp3) is 0.708. The van der Waals surface area contributed by atoms with E-state index in [2.05, 4.69) is 71.9 Å². The molecular weight excluding hydrogens is 471 g/mol. The number of halogens is 1. The number of nitrogens with one attached hydrogen (secondary N) is 1. The van der Waals surface area contributed by atoms with Gasteiger partial charge in [-0.15, -0.1) is 5.73 Å². The normalized spacial score (nSPS) is 26.4. The second kappa shape index (κ2) is 9.48. The Balaban J connectivity index is 2.62. The molecule has 7 nitrogen and oxygen atoms in total. The van der Waals surface area contributed by atoms with Gasteiger partial charge in [-0.3, -0.25) is 14.3 Å². The fourth-order valence-corrected chi connectivity index (χ4v) is 5.57. The lowest BCUT2D eigenvalue weighted by molar-refractivity contribution is -0.0935. The largest absolute Gasteiger partial charge is 0.413 e. The Labute approximate surface area is 204 Å². The topological polar surface area (TPSA) is 82.5 Å². The van der Waals surface area contributed by atoms with E-state index in [4.69, 9.17) is 13.6 Å². The molecule has 2 rings (SSSR count). The van der Waals surface area contributed by atoms with Gasteiger partial charge < -0.3 is 13.6 Å². The predicted octanol–water partition coefficient (Wildman–Crippen LogP) is 4.90. The van der Waals surface area contributed by atoms with Crippen molar-refractivity contribution in [3.63, 3.8) is 0 Å². The van der Waals surface area contributed by atoms with Crippen molar-refractivity contribution in [2.45, 2.75) is 102 Å². The molecule has 1 N–H and O–H groups in total. The molecule has 0 radical (unpaired) electrons. The molecule has 0 amide bonds. The van der Waals surface area contributed by atoms with Crippen LogP contribution < -0.4 is 11.2 Å². The second-order valence-electron chi connectivity index (χ2n) is 12.1. The van der Waals surface area contributed by atoms with E-state index in [9.17, 15) is 9.59 Å². The van der Waals surface area contributed by atoms with Crippen LogP contribution in [0, 0.1) is 0 Å². The zero-order valence-corrected chi connectivity index (χ0v) is 24.2. The maximum atomic E-state index is 16.2. The number of hydrogen-bond acceptors (Lipinski definition) is 5. The third kappa shape index (κ3) is 5.63. The molecular formula is C24H41FN2O5Si2. The van der Waals surface area contributed by atoms with E-state index < -0.39 is 52.0 Å². The van der Waals surface area contributed by atoms with Gasteiger partial charge in [-0.2, -0.15) is 0 Å². The quantitative estimate of drug-likeness (QED) is 0.415. The molecule has 10 heteroatoms. The predicted molar refractivity (Wildman–Crippen MR) is 138 cm³/mol. The highest BCUT2D eigenvalue weighted by Crippen LogP contribution is 2.47. The molecule has 1 aromatic rings. The van der Waals surface area contributed by atoms with E-state index in [0.717, 1.165) is 10.6 Å². The summed E-state index contributed by atoms with van der Waals surface area (Å²) in [4.78, 5) is 26.3. The number of alkyl halides is 1. The highest BCUT2D eigenvalue weighted by atomic mass is 28.4. The Kier molecular flexibility index (Phi) is 8.00. The lowest BCUT2D eigenvalue weighted by Gasteiger charge is -2.44. The van der Waals surface area contributed by atoms with Crippen molar-refractivity contribution in [3.8, 4) is 0 Å². The average molecular weight is 513 g/mol. The summed E-state index contributed by atoms with van der Waals surface area (Å²) in [6, 6.07) is 1.16. The summed E-state index contributed by atoms with van der Waals surface area (Å²) < 4.78 is 36.6. The maximum absolute atomic E-state index is 16.2. The number of hydrogen-bond donors (Lipinski definition) is 1. The molecule has 1 aliphatic heterocycles. The number of H-pyrrole nitrogens is 1. The first-order valence-electron chi connectivity index (χ1n) is 11.6. The van der Waals surface area contributed by atoms with Gasteiger partial charge in [-0.05, 0) is 42.3 Å². The monoisotopic (exact) mass is 512 g/mol. The molecule has 1 aliphatic rings. The van der Waals surface area contributed by atoms with Crippen LogP contribution in [0.5, 0.6) is 0 Å². The van der Waals surface area contributed by atoms with Crippen LogP contribution in [-0.4, -0.2) is 50.7 Å². The van der Waals surface area contributed by atoms with Gasteiger partial charge in [-0.25, -0.2) is 9.18 Å². The van der Waals surface area contributed by atoms with Crippen molar-refractivity contribution in [1.82, 2.24) is 9.55 Å². The minimum atomic E-state index is -2.47. The van der Waals surface area contributed by atoms with Gasteiger partial charge in [0.05, 0.1) is 6.61 Å². The molecule has 0 bridgehead atoms. The molecule has 4 atom stereocenters. The van der Waals surface area contributed by atoms with Gasteiger partial charge in [0.25, 0.3) is 5.56 Å². The van der Waals surface area contributed by atoms with Crippen molar-refractivity contribution >= 4 is 16.6 Å². The molecule has 0 aromatic carbocycles. The van der Waals surface area contributed by atoms with Crippen LogP contribution in [0.4, 0.5) is 4.39 Å². The first kappa shape index (κ1) is 28.7. The SMILES string of the molecule is C=C=C[C@]1(CO[Si](C)(C)C(C)(C)C)O[C@@H](n2ccc(=O)[nH]c2=O)[C@@H](F)[C@@H]1O[Si](C)(C)C(C)(C)C. The molecule has 0 spiro atoms. The van der Waals surface area contributed by atoms with Crippen LogP contribution in [0.3, 0.4) is 0 Å². The van der Waals surface area contributed by atoms with Gasteiger partial charge in [0.15, 0.2) is 29.0 Å². The van der Waals surface area contributed by atoms with Crippen LogP contribution in [0.25, 0.3) is 0 Å². The molecule has 192 valence electrons. The van der Waals surface area contributed by atoms with Crippen molar-refractivity contribution < 1.29 is 18.0 Å². The zero-order chi connectivity index (χ0) is 26.3. The van der Waals surface area contributed by atoms with Crippen molar-refractivity contribution in [2.24, 2.45) is 0 Å². The summed E-state index contributed by atoms with van der Waals surface area (Å²) in [5, 5.41) is -0.269. The fourth-order valence-electron chi connectivity index (χ4n) is 3.23. The number of aromatic nitrogens is 2. The molecule has 0 saturated carbocycles. The number of nitrogens with zero attached hydrogens (tertiary/aromatic N) is 1. The Hall–Kier alpha value is -1.56. The van der Waals surface area contributed by atoms with Crippen LogP contribution in [0.1, 0.15) is 47.8 Å². The van der Waals surface area contributed by atoms with E-state index in [1.807, 2.05) is 13.1 Å². The highest BCUT2D eigenvalue weighted by molar-refractivity contribution is 6.74. The Morgan fingerprint density at radius 3 is 2.21 bits per heavy atom. The van der Waals surface area contributed by atoms with E-state index in [1.165, 1.54) is 6.20 Å². The summed E-state index contributed by atoms with van der Waals surface area (Å²) in [5.41, 5.74) is 0.0785. The summed E-state index contributed by atoms with van der Waals surface area (Å²) in [7, 11) is -4.72. The number of ether oxygens (including phenoxy) is 1. The van der Waals surface area contributed by atoms with E-state index >= 15 is 4.39 Å². The lowest BCUT2D eigenvalue weighted by Crippen LogP contribution is -2.55. The Morgan fingerprint density at radius 2 is 1.74 bits per heavy atom. The molecule has 34 heavy (non-hydrogen) atoms. The summed E-state index contributed by atoms with van der Waals surface area (Å²) in [6.07, 6.45) is -1.28. The van der Waals surface area contributed by atoms with Gasteiger partial charge in [0.2, 0.25) is 0 Å². The Bertz CT molecular complexity index is 1050. The Morgan fingerprint density at radius 1 is 1.18 bits per heavy atom. The zero-order valence-electron chi connectivity index (χ0n) is 22.2. The summed E-state index contributed by atoms with van der Waals surface area (Å²) in [5.74, 6) is 0. The van der Waals surface area contributed by atoms with Gasteiger partial charge >= 0.3 is 5.69 Å². The summed E-state index contributed by atoms with van der Waals surface area (Å²) >= 11 is 0. The first-order valence-corrected chi connectivity index (χ1v) is 17.4. The third-order valence-corrected chi connectivity index (χ3v) is 16.5. The van der Waals surface area contributed by atoms with Gasteiger partial charge in [-0.1, -0.05) is 48.1 Å². The highest BCUT2D eigenvalue weighted by Gasteiger charge is 2.59. The van der Waals surface area contributed by atoms with Gasteiger partial charge in [0.1, 0.15) is 11.7 Å². The second-order valence-corrected chi connectivity index (χ2v) is 21.7. The van der Waals surface area contributed by atoms with E-state index in [0.29, 0.717) is 0 Å². The lowest BCUT2D eigenvalue weighted by atomic mass is 9.96. The van der Waals surface area contributed by atoms with Crippen LogP contribution in [-0.2, 0) is 13.6 Å². The first-order chi connectivity index (χ1) is 15.3. The van der Waals surface area contributed by atoms with E-state index in [-0.39, 0.29) is 16.7 Å². The number of aromatic amines is 1. The molecule has 1 saturated heterocycles. The third-order valence-electron chi connectivity index (χ3n) is 7.55. The molecule has 1 fully saturated rings. The maximum Gasteiger partial charge on any atom is 0.330 e. The molecule has 1 aromatic heterocycles. The average Bonchev–Trinajstić information content (AvgIpc) is 2.91. The van der Waals surface area contributed by atoms with E-state index in [1.54, 1.807) is 6.08 Å². The standard InChI is InChI=1S/C24H41FN2O5Si2/c1-12-14-24(16-30-33(8,9)22(2,3)4)19(32-34(10,11)23(5,6)7)18(25)20(31-24)27-15-13-17(28)26-21(27)29/h13-15,18-20H,1,16H2,2-11H3,(H,26,28,29)/t18-,19-,20+,24+/m0/s1. The summed E-state index contributed by atoms with van der Waals surface area (Å²) in [6.45, 7) is 24.6. The molecule has 2 heterocycles.